The summed E-state index contributed by atoms with van der Waals surface area (Å²) in [6.45, 7) is 0.523. The topological polar surface area (TPSA) is 64.0 Å². The van der Waals surface area contributed by atoms with Gasteiger partial charge in [0.25, 0.3) is 10.0 Å². The number of fused-ring (bicyclic) bond motifs is 1. The second-order valence-electron chi connectivity index (χ2n) is 6.17. The van der Waals surface area contributed by atoms with E-state index in [2.05, 4.69) is 9.82 Å². The van der Waals surface area contributed by atoms with Crippen LogP contribution in [0, 0.1) is 0 Å². The summed E-state index contributed by atoms with van der Waals surface area (Å²) in [7, 11) is -3.69. The second-order valence-corrected chi connectivity index (χ2v) is 8.29. The minimum absolute atomic E-state index is 0.214. The summed E-state index contributed by atoms with van der Waals surface area (Å²) in [6, 6.07) is 20.1. The number of anilines is 1. The average Bonchev–Trinajstić information content (AvgIpc) is 3.09. The third kappa shape index (κ3) is 3.97. The van der Waals surface area contributed by atoms with Gasteiger partial charge in [0.15, 0.2) is 0 Å². The largest absolute Gasteiger partial charge is 0.276 e. The lowest BCUT2D eigenvalue weighted by Crippen LogP contribution is -2.12. The van der Waals surface area contributed by atoms with Crippen LogP contribution in [0.3, 0.4) is 0 Å². The second kappa shape index (κ2) is 7.06. The predicted octanol–water partition coefficient (Wildman–Crippen LogP) is 4.54. The zero-order valence-corrected chi connectivity index (χ0v) is 15.8. The van der Waals surface area contributed by atoms with Gasteiger partial charge in [0, 0.05) is 11.2 Å². The van der Waals surface area contributed by atoms with Crippen molar-refractivity contribution >= 4 is 38.1 Å². The number of halogens is 1. The van der Waals surface area contributed by atoms with Crippen molar-refractivity contribution in [1.29, 1.82) is 0 Å². The van der Waals surface area contributed by atoms with E-state index >= 15 is 0 Å². The molecular weight excluding hydrogens is 382 g/mol. The van der Waals surface area contributed by atoms with Crippen molar-refractivity contribution in [2.24, 2.45) is 0 Å². The quantitative estimate of drug-likeness (QED) is 0.537. The third-order valence-corrected chi connectivity index (χ3v) is 5.81. The normalized spacial score (nSPS) is 11.6. The molecule has 0 amide bonds. The molecule has 1 heterocycles. The molecule has 136 valence electrons. The zero-order chi connectivity index (χ0) is 18.9. The zero-order valence-electron chi connectivity index (χ0n) is 14.2. The number of sulfonamides is 1. The van der Waals surface area contributed by atoms with Crippen molar-refractivity contribution in [3.63, 3.8) is 0 Å². The van der Waals surface area contributed by atoms with Crippen LogP contribution in [-0.4, -0.2) is 18.2 Å². The van der Waals surface area contributed by atoms with Crippen molar-refractivity contribution in [3.8, 4) is 0 Å². The Labute approximate surface area is 162 Å². The van der Waals surface area contributed by atoms with Crippen LogP contribution in [-0.2, 0) is 16.6 Å². The first-order valence-electron chi connectivity index (χ1n) is 8.28. The molecule has 0 fully saturated rings. The van der Waals surface area contributed by atoms with E-state index in [0.717, 1.165) is 16.3 Å². The van der Waals surface area contributed by atoms with Gasteiger partial charge >= 0.3 is 0 Å². The van der Waals surface area contributed by atoms with Crippen LogP contribution in [0.25, 0.3) is 10.8 Å². The van der Waals surface area contributed by atoms with Gasteiger partial charge in [-0.1, -0.05) is 54.1 Å². The highest BCUT2D eigenvalue weighted by molar-refractivity contribution is 7.92. The van der Waals surface area contributed by atoms with Crippen LogP contribution in [0.2, 0.25) is 5.02 Å². The maximum Gasteiger partial charge on any atom is 0.262 e. The van der Waals surface area contributed by atoms with E-state index in [4.69, 9.17) is 11.6 Å². The van der Waals surface area contributed by atoms with Crippen LogP contribution in [0.15, 0.2) is 84.0 Å². The fourth-order valence-electron chi connectivity index (χ4n) is 2.83. The smallest absolute Gasteiger partial charge is 0.262 e. The van der Waals surface area contributed by atoms with Gasteiger partial charge < -0.3 is 0 Å². The summed E-state index contributed by atoms with van der Waals surface area (Å²) in [5.74, 6) is 0. The molecule has 0 aliphatic rings. The summed E-state index contributed by atoms with van der Waals surface area (Å²) in [4.78, 5) is 0.214. The van der Waals surface area contributed by atoms with Crippen molar-refractivity contribution in [2.75, 3.05) is 4.72 Å². The molecular formula is C20H16ClN3O2S. The first kappa shape index (κ1) is 17.6. The Morgan fingerprint density at radius 3 is 2.48 bits per heavy atom. The number of benzene rings is 3. The molecule has 1 aromatic heterocycles. The minimum Gasteiger partial charge on any atom is -0.276 e. The summed E-state index contributed by atoms with van der Waals surface area (Å²) in [5, 5.41) is 6.75. The fourth-order valence-corrected chi connectivity index (χ4v) is 4.02. The molecule has 7 heteroatoms. The van der Waals surface area contributed by atoms with E-state index in [0.29, 0.717) is 17.3 Å². The van der Waals surface area contributed by atoms with E-state index in [1.54, 1.807) is 29.1 Å². The highest BCUT2D eigenvalue weighted by Crippen LogP contribution is 2.21. The van der Waals surface area contributed by atoms with Crippen LogP contribution < -0.4 is 4.72 Å². The molecule has 5 nitrogen and oxygen atoms in total. The molecule has 1 N–H and O–H groups in total. The van der Waals surface area contributed by atoms with Gasteiger partial charge in [-0.25, -0.2) is 8.42 Å². The maximum absolute atomic E-state index is 12.7. The Balaban J connectivity index is 1.53. The SMILES string of the molecule is O=S(=O)(Nc1cnn(Cc2ccc(Cl)cc2)c1)c1ccc2ccccc2c1. The Morgan fingerprint density at radius 2 is 1.70 bits per heavy atom. The molecule has 27 heavy (non-hydrogen) atoms. The molecule has 3 aromatic carbocycles. The van der Waals surface area contributed by atoms with Gasteiger partial charge in [-0.15, -0.1) is 0 Å². The molecule has 0 spiro atoms. The van der Waals surface area contributed by atoms with E-state index in [1.165, 1.54) is 6.20 Å². The Bertz CT molecular complexity index is 1200. The first-order valence-corrected chi connectivity index (χ1v) is 10.1. The van der Waals surface area contributed by atoms with Crippen molar-refractivity contribution in [3.05, 3.63) is 89.7 Å². The van der Waals surface area contributed by atoms with Crippen molar-refractivity contribution in [1.82, 2.24) is 9.78 Å². The molecule has 0 radical (unpaired) electrons. The molecule has 0 bridgehead atoms. The average molecular weight is 398 g/mol. The molecule has 0 saturated heterocycles. The lowest BCUT2D eigenvalue weighted by molar-refractivity contribution is 0.601. The van der Waals surface area contributed by atoms with Gasteiger partial charge in [0.2, 0.25) is 0 Å². The molecule has 4 rings (SSSR count). The molecule has 0 unspecified atom stereocenters. The number of hydrogen-bond donors (Lipinski definition) is 1. The van der Waals surface area contributed by atoms with E-state index < -0.39 is 10.0 Å². The van der Waals surface area contributed by atoms with E-state index in [1.807, 2.05) is 48.5 Å². The molecule has 0 saturated carbocycles. The number of nitrogens with one attached hydrogen (secondary N) is 1. The van der Waals surface area contributed by atoms with E-state index in [-0.39, 0.29) is 4.90 Å². The number of nitrogens with zero attached hydrogens (tertiary/aromatic N) is 2. The van der Waals surface area contributed by atoms with Gasteiger partial charge in [0.05, 0.1) is 23.3 Å². The van der Waals surface area contributed by atoms with Gasteiger partial charge in [-0.3, -0.25) is 9.40 Å². The number of rotatable bonds is 5. The molecule has 0 aliphatic carbocycles. The first-order chi connectivity index (χ1) is 13.0. The molecule has 0 atom stereocenters. The van der Waals surface area contributed by atoms with Crippen LogP contribution >= 0.6 is 11.6 Å². The fraction of sp³-hybridized carbons (Fsp3) is 0.0500. The molecule has 4 aromatic rings. The Morgan fingerprint density at radius 1 is 0.963 bits per heavy atom. The summed E-state index contributed by atoms with van der Waals surface area (Å²) < 4.78 is 29.6. The highest BCUT2D eigenvalue weighted by Gasteiger charge is 2.15. The summed E-state index contributed by atoms with van der Waals surface area (Å²) in [5.41, 5.74) is 1.43. The van der Waals surface area contributed by atoms with E-state index in [9.17, 15) is 8.42 Å². The van der Waals surface area contributed by atoms with Crippen LogP contribution in [0.4, 0.5) is 5.69 Å². The summed E-state index contributed by atoms with van der Waals surface area (Å²) >= 11 is 5.89. The lowest BCUT2D eigenvalue weighted by Gasteiger charge is -2.07. The van der Waals surface area contributed by atoms with Gasteiger partial charge in [-0.2, -0.15) is 5.10 Å². The Kier molecular flexibility index (Phi) is 4.59. The molecule has 0 aliphatic heterocycles. The number of hydrogen-bond acceptors (Lipinski definition) is 3. The highest BCUT2D eigenvalue weighted by atomic mass is 35.5. The minimum atomic E-state index is -3.69. The van der Waals surface area contributed by atoms with Crippen LogP contribution in [0.1, 0.15) is 5.56 Å². The van der Waals surface area contributed by atoms with Crippen LogP contribution in [0.5, 0.6) is 0 Å². The van der Waals surface area contributed by atoms with Gasteiger partial charge in [0.1, 0.15) is 0 Å². The van der Waals surface area contributed by atoms with Gasteiger partial charge in [-0.05, 0) is 40.6 Å². The lowest BCUT2D eigenvalue weighted by atomic mass is 10.1. The monoisotopic (exact) mass is 397 g/mol. The van der Waals surface area contributed by atoms with Crippen molar-refractivity contribution in [2.45, 2.75) is 11.4 Å². The maximum atomic E-state index is 12.7. The standard InChI is InChI=1S/C20H16ClN3O2S/c21-18-8-5-15(6-9-18)13-24-14-19(12-22-24)23-27(25,26)20-10-7-16-3-1-2-4-17(16)11-20/h1-12,14,23H,13H2. The number of aromatic nitrogens is 2. The Hall–Kier alpha value is -2.83. The summed E-state index contributed by atoms with van der Waals surface area (Å²) in [6.07, 6.45) is 3.15. The predicted molar refractivity (Wildman–Crippen MR) is 108 cm³/mol. The third-order valence-electron chi connectivity index (χ3n) is 4.17. The van der Waals surface area contributed by atoms with Crippen molar-refractivity contribution < 1.29 is 8.42 Å².